The smallest absolute Gasteiger partial charge is 0.266 e. The fourth-order valence-electron chi connectivity index (χ4n) is 3.73. The van der Waals surface area contributed by atoms with Gasteiger partial charge in [0, 0.05) is 5.69 Å². The Morgan fingerprint density at radius 2 is 1.60 bits per heavy atom. The monoisotopic (exact) mass is 512 g/mol. The number of rotatable bonds is 6. The average Bonchev–Trinajstić information content (AvgIpc) is 3.06. The standard InChI is InChI=1S/C25H25N3O.HI/c1-19(2)21-12-6-7-13-22(21)26-25(29)17-28-18-27(16-20-10-4-3-5-11-20)23-14-8-9-15-24(23)28;/h3-15,18-19H,16-17H2,1-2H3;1H/p+1. The molecule has 0 aliphatic carbocycles. The Kier molecular flexibility index (Phi) is 7.26. The molecule has 154 valence electrons. The maximum Gasteiger partial charge on any atom is 0.266 e. The topological polar surface area (TPSA) is 37.9 Å². The van der Waals surface area contributed by atoms with Gasteiger partial charge in [0.25, 0.3) is 5.91 Å². The molecule has 4 rings (SSSR count). The summed E-state index contributed by atoms with van der Waals surface area (Å²) < 4.78 is 4.21. The summed E-state index contributed by atoms with van der Waals surface area (Å²) in [5, 5.41) is 3.09. The van der Waals surface area contributed by atoms with Crippen molar-refractivity contribution in [3.63, 3.8) is 0 Å². The maximum absolute atomic E-state index is 12.8. The molecular formula is C25H27IN3O+. The zero-order chi connectivity index (χ0) is 20.2. The Bertz CT molecular complexity index is 1140. The molecule has 0 aliphatic heterocycles. The number of imidazole rings is 1. The van der Waals surface area contributed by atoms with E-state index in [2.05, 4.69) is 66.2 Å². The fourth-order valence-corrected chi connectivity index (χ4v) is 3.73. The van der Waals surface area contributed by atoms with Crippen LogP contribution in [0.25, 0.3) is 11.0 Å². The maximum atomic E-state index is 12.8. The van der Waals surface area contributed by atoms with Crippen molar-refractivity contribution in [1.82, 2.24) is 4.57 Å². The molecule has 0 radical (unpaired) electrons. The van der Waals surface area contributed by atoms with Gasteiger partial charge in [-0.2, -0.15) is 0 Å². The number of nitrogens with one attached hydrogen (secondary N) is 1. The van der Waals surface area contributed by atoms with E-state index in [0.29, 0.717) is 5.92 Å². The van der Waals surface area contributed by atoms with E-state index in [1.54, 1.807) is 0 Å². The summed E-state index contributed by atoms with van der Waals surface area (Å²) in [5.74, 6) is 0.331. The van der Waals surface area contributed by atoms with E-state index in [1.165, 1.54) is 5.56 Å². The number of fused-ring (bicyclic) bond motifs is 1. The van der Waals surface area contributed by atoms with Crippen molar-refractivity contribution in [1.29, 1.82) is 0 Å². The predicted octanol–water partition coefficient (Wildman–Crippen LogP) is 5.36. The molecule has 30 heavy (non-hydrogen) atoms. The van der Waals surface area contributed by atoms with Gasteiger partial charge in [-0.25, -0.2) is 9.13 Å². The third kappa shape index (κ3) is 4.90. The highest BCUT2D eigenvalue weighted by Crippen LogP contribution is 2.23. The third-order valence-electron chi connectivity index (χ3n) is 5.15. The van der Waals surface area contributed by atoms with E-state index < -0.39 is 0 Å². The normalized spacial score (nSPS) is 10.8. The average molecular weight is 512 g/mol. The van der Waals surface area contributed by atoms with Gasteiger partial charge in [0.05, 0.1) is 0 Å². The highest BCUT2D eigenvalue weighted by atomic mass is 127. The molecule has 0 spiro atoms. The Hall–Kier alpha value is -2.67. The number of aromatic nitrogens is 2. The number of carbonyl (C=O) groups excluding carboxylic acids is 1. The van der Waals surface area contributed by atoms with Crippen LogP contribution in [0.1, 0.15) is 30.9 Å². The highest BCUT2D eigenvalue weighted by Gasteiger charge is 2.18. The van der Waals surface area contributed by atoms with E-state index in [0.717, 1.165) is 28.8 Å². The van der Waals surface area contributed by atoms with Crippen molar-refractivity contribution in [3.8, 4) is 0 Å². The second-order valence-electron chi connectivity index (χ2n) is 7.64. The lowest BCUT2D eigenvalue weighted by Crippen LogP contribution is -2.33. The zero-order valence-corrected chi connectivity index (χ0v) is 19.6. The van der Waals surface area contributed by atoms with Crippen LogP contribution in [0.3, 0.4) is 0 Å². The number of halogens is 1. The van der Waals surface area contributed by atoms with Crippen LogP contribution >= 0.6 is 24.0 Å². The van der Waals surface area contributed by atoms with E-state index in [1.807, 2.05) is 47.3 Å². The van der Waals surface area contributed by atoms with Crippen LogP contribution in [0, 0.1) is 0 Å². The third-order valence-corrected chi connectivity index (χ3v) is 5.15. The molecular weight excluding hydrogens is 485 g/mol. The van der Waals surface area contributed by atoms with Crippen LogP contribution in [0.2, 0.25) is 0 Å². The van der Waals surface area contributed by atoms with E-state index in [-0.39, 0.29) is 36.4 Å². The first-order valence-electron chi connectivity index (χ1n) is 10.0. The number of para-hydroxylation sites is 3. The summed E-state index contributed by atoms with van der Waals surface area (Å²) >= 11 is 0. The Morgan fingerprint density at radius 3 is 2.37 bits per heavy atom. The van der Waals surface area contributed by atoms with Gasteiger partial charge in [-0.05, 0) is 35.2 Å². The molecule has 0 fully saturated rings. The number of hydrogen-bond donors (Lipinski definition) is 1. The molecule has 1 N–H and O–H groups in total. The molecule has 0 unspecified atom stereocenters. The number of nitrogens with zero attached hydrogens (tertiary/aromatic N) is 2. The van der Waals surface area contributed by atoms with Crippen LogP contribution < -0.4 is 9.88 Å². The van der Waals surface area contributed by atoms with Crippen molar-refractivity contribution in [2.45, 2.75) is 32.9 Å². The molecule has 3 aromatic carbocycles. The second kappa shape index (κ2) is 9.89. The molecule has 5 heteroatoms. The Balaban J connectivity index is 0.00000256. The number of carbonyl (C=O) groups is 1. The van der Waals surface area contributed by atoms with Crippen molar-refractivity contribution in [2.75, 3.05) is 5.32 Å². The van der Waals surface area contributed by atoms with Gasteiger partial charge < -0.3 is 5.32 Å². The summed E-state index contributed by atoms with van der Waals surface area (Å²) in [7, 11) is 0. The second-order valence-corrected chi connectivity index (χ2v) is 7.64. The molecule has 1 aromatic heterocycles. The molecule has 1 heterocycles. The van der Waals surface area contributed by atoms with E-state index >= 15 is 0 Å². The molecule has 1 amide bonds. The van der Waals surface area contributed by atoms with Crippen LogP contribution in [0.5, 0.6) is 0 Å². The van der Waals surface area contributed by atoms with Gasteiger partial charge >= 0.3 is 0 Å². The van der Waals surface area contributed by atoms with Crippen LogP contribution in [0.15, 0.2) is 85.2 Å². The first-order chi connectivity index (χ1) is 14.1. The van der Waals surface area contributed by atoms with Crippen molar-refractivity contribution in [3.05, 3.63) is 96.3 Å². The number of anilines is 1. The minimum Gasteiger partial charge on any atom is -0.322 e. The van der Waals surface area contributed by atoms with Gasteiger partial charge in [-0.3, -0.25) is 4.79 Å². The van der Waals surface area contributed by atoms with Crippen LogP contribution in [-0.4, -0.2) is 10.5 Å². The molecule has 0 atom stereocenters. The fraction of sp³-hybridized carbons (Fsp3) is 0.200. The Morgan fingerprint density at radius 1 is 0.933 bits per heavy atom. The van der Waals surface area contributed by atoms with Crippen molar-refractivity contribution >= 4 is 46.6 Å². The summed E-state index contributed by atoms with van der Waals surface area (Å²) in [4.78, 5) is 12.8. The summed E-state index contributed by atoms with van der Waals surface area (Å²) in [6.07, 6.45) is 2.03. The lowest BCUT2D eigenvalue weighted by molar-refractivity contribution is -0.663. The molecule has 0 aliphatic rings. The summed E-state index contributed by atoms with van der Waals surface area (Å²) in [6, 6.07) is 26.6. The largest absolute Gasteiger partial charge is 0.322 e. The van der Waals surface area contributed by atoms with E-state index in [4.69, 9.17) is 0 Å². The highest BCUT2D eigenvalue weighted by molar-refractivity contribution is 14.0. The summed E-state index contributed by atoms with van der Waals surface area (Å²) in [6.45, 7) is 5.31. The Labute approximate surface area is 194 Å². The van der Waals surface area contributed by atoms with Crippen molar-refractivity contribution < 1.29 is 9.36 Å². The molecule has 4 nitrogen and oxygen atoms in total. The lowest BCUT2D eigenvalue weighted by atomic mass is 10.0. The minimum atomic E-state index is -0.0225. The van der Waals surface area contributed by atoms with Gasteiger partial charge in [0.1, 0.15) is 6.54 Å². The quantitative estimate of drug-likeness (QED) is 0.274. The number of amides is 1. The SMILES string of the molecule is CC(C)c1ccccc1NC(=O)Cn1c[n+](Cc2ccccc2)c2ccccc21.I. The molecule has 0 saturated heterocycles. The lowest BCUT2D eigenvalue weighted by Gasteiger charge is -2.13. The van der Waals surface area contributed by atoms with Crippen LogP contribution in [0.4, 0.5) is 5.69 Å². The van der Waals surface area contributed by atoms with Gasteiger partial charge in [-0.15, -0.1) is 24.0 Å². The number of hydrogen-bond acceptors (Lipinski definition) is 1. The zero-order valence-electron chi connectivity index (χ0n) is 17.3. The van der Waals surface area contributed by atoms with Crippen molar-refractivity contribution in [2.24, 2.45) is 0 Å². The first kappa shape index (κ1) is 22.0. The van der Waals surface area contributed by atoms with Gasteiger partial charge in [-0.1, -0.05) is 74.5 Å². The minimum absolute atomic E-state index is 0. The van der Waals surface area contributed by atoms with E-state index in [9.17, 15) is 4.79 Å². The predicted molar refractivity (Wildman–Crippen MR) is 132 cm³/mol. The van der Waals surface area contributed by atoms with Crippen LogP contribution in [-0.2, 0) is 17.9 Å². The molecule has 4 aromatic rings. The first-order valence-corrected chi connectivity index (χ1v) is 10.0. The van der Waals surface area contributed by atoms with Gasteiger partial charge in [0.2, 0.25) is 6.33 Å². The summed E-state index contributed by atoms with van der Waals surface area (Å²) in [5.41, 5.74) is 5.44. The molecule has 0 bridgehead atoms. The molecule has 0 saturated carbocycles. The number of benzene rings is 3. The van der Waals surface area contributed by atoms with Gasteiger partial charge in [0.15, 0.2) is 17.6 Å².